The molecular weight excluding hydrogens is 286 g/mol. The number of rotatable bonds is 4. The van der Waals surface area contributed by atoms with Crippen molar-refractivity contribution in [2.75, 3.05) is 5.32 Å². The second-order valence-corrected chi connectivity index (χ2v) is 5.20. The second kappa shape index (κ2) is 5.92. The van der Waals surface area contributed by atoms with E-state index in [1.807, 2.05) is 32.9 Å². The normalized spacial score (nSPS) is 10.5. The lowest BCUT2D eigenvalue weighted by Crippen LogP contribution is -2.21. The number of carbonyl (C=O) groups is 1. The van der Waals surface area contributed by atoms with Gasteiger partial charge >= 0.3 is 5.95 Å². The molecule has 1 aromatic carbocycles. The quantitative estimate of drug-likeness (QED) is 0.688. The SMILES string of the molecule is Cc1cc(C)c(NC(=O)Cn2nc([N+](=O)[O-])nc2C)c(C)c1. The van der Waals surface area contributed by atoms with Crippen LogP contribution in [-0.4, -0.2) is 25.6 Å². The van der Waals surface area contributed by atoms with Crippen LogP contribution in [-0.2, 0) is 11.3 Å². The fraction of sp³-hybridized carbons (Fsp3) is 0.357. The number of aromatic nitrogens is 3. The Morgan fingerprint density at radius 3 is 2.36 bits per heavy atom. The number of nitrogens with one attached hydrogen (secondary N) is 1. The van der Waals surface area contributed by atoms with Crippen molar-refractivity contribution in [3.05, 3.63) is 44.8 Å². The predicted molar refractivity (Wildman–Crippen MR) is 80.7 cm³/mol. The maximum absolute atomic E-state index is 12.1. The molecular formula is C14H17N5O3. The maximum Gasteiger partial charge on any atom is 0.491 e. The average Bonchev–Trinajstić information content (AvgIpc) is 2.75. The minimum Gasteiger partial charge on any atom is -0.390 e. The molecule has 0 radical (unpaired) electrons. The highest BCUT2D eigenvalue weighted by molar-refractivity contribution is 5.92. The molecule has 0 unspecified atom stereocenters. The summed E-state index contributed by atoms with van der Waals surface area (Å²) in [4.78, 5) is 25.8. The molecule has 22 heavy (non-hydrogen) atoms. The van der Waals surface area contributed by atoms with Crippen molar-refractivity contribution in [2.24, 2.45) is 0 Å². The van der Waals surface area contributed by atoms with Crippen LogP contribution < -0.4 is 5.32 Å². The van der Waals surface area contributed by atoms with Crippen molar-refractivity contribution in [3.8, 4) is 0 Å². The summed E-state index contributed by atoms with van der Waals surface area (Å²) in [6.45, 7) is 7.26. The highest BCUT2D eigenvalue weighted by atomic mass is 16.6. The molecule has 0 fully saturated rings. The lowest BCUT2D eigenvalue weighted by Gasteiger charge is -2.12. The van der Waals surface area contributed by atoms with Crippen LogP contribution in [0.3, 0.4) is 0 Å². The lowest BCUT2D eigenvalue weighted by molar-refractivity contribution is -0.394. The molecule has 0 saturated carbocycles. The van der Waals surface area contributed by atoms with Crippen molar-refractivity contribution in [2.45, 2.75) is 34.2 Å². The Kier molecular flexibility index (Phi) is 4.20. The summed E-state index contributed by atoms with van der Waals surface area (Å²) in [6.07, 6.45) is 0. The highest BCUT2D eigenvalue weighted by Gasteiger charge is 2.20. The summed E-state index contributed by atoms with van der Waals surface area (Å²) >= 11 is 0. The lowest BCUT2D eigenvalue weighted by atomic mass is 10.1. The van der Waals surface area contributed by atoms with Gasteiger partial charge in [0.15, 0.2) is 0 Å². The van der Waals surface area contributed by atoms with Crippen LogP contribution in [0.2, 0.25) is 0 Å². The molecule has 0 saturated heterocycles. The van der Waals surface area contributed by atoms with E-state index < -0.39 is 10.9 Å². The molecule has 0 aliphatic carbocycles. The molecule has 0 aliphatic heterocycles. The fourth-order valence-electron chi connectivity index (χ4n) is 2.32. The number of aryl methyl sites for hydroxylation is 4. The van der Waals surface area contributed by atoms with Crippen LogP contribution in [0, 0.1) is 37.8 Å². The molecule has 1 heterocycles. The van der Waals surface area contributed by atoms with Crippen molar-refractivity contribution >= 4 is 17.5 Å². The number of anilines is 1. The summed E-state index contributed by atoms with van der Waals surface area (Å²) in [5, 5.41) is 17.1. The minimum atomic E-state index is -0.685. The van der Waals surface area contributed by atoms with E-state index in [0.717, 1.165) is 22.4 Å². The molecule has 1 aromatic heterocycles. The van der Waals surface area contributed by atoms with Gasteiger partial charge in [0.1, 0.15) is 6.54 Å². The second-order valence-electron chi connectivity index (χ2n) is 5.20. The molecule has 0 atom stereocenters. The highest BCUT2D eigenvalue weighted by Crippen LogP contribution is 2.21. The fourth-order valence-corrected chi connectivity index (χ4v) is 2.32. The Morgan fingerprint density at radius 1 is 1.27 bits per heavy atom. The maximum atomic E-state index is 12.1. The topological polar surface area (TPSA) is 103 Å². The monoisotopic (exact) mass is 303 g/mol. The molecule has 1 amide bonds. The number of nitro groups is 1. The summed E-state index contributed by atoms with van der Waals surface area (Å²) in [5.74, 6) is -0.495. The third-order valence-corrected chi connectivity index (χ3v) is 3.24. The van der Waals surface area contributed by atoms with Gasteiger partial charge in [-0.05, 0) is 41.8 Å². The Morgan fingerprint density at radius 2 is 1.86 bits per heavy atom. The first-order chi connectivity index (χ1) is 10.3. The molecule has 2 rings (SSSR count). The van der Waals surface area contributed by atoms with Gasteiger partial charge < -0.3 is 15.4 Å². The van der Waals surface area contributed by atoms with E-state index in [4.69, 9.17) is 0 Å². The van der Waals surface area contributed by atoms with Crippen LogP contribution in [0.15, 0.2) is 12.1 Å². The van der Waals surface area contributed by atoms with E-state index in [2.05, 4.69) is 15.4 Å². The van der Waals surface area contributed by atoms with Crippen molar-refractivity contribution < 1.29 is 9.72 Å². The molecule has 2 aromatic rings. The molecule has 116 valence electrons. The first-order valence-corrected chi connectivity index (χ1v) is 6.71. The van der Waals surface area contributed by atoms with Gasteiger partial charge in [-0.1, -0.05) is 17.7 Å². The number of nitrogens with zero attached hydrogens (tertiary/aromatic N) is 4. The van der Waals surface area contributed by atoms with E-state index in [0.29, 0.717) is 5.82 Å². The van der Waals surface area contributed by atoms with Crippen molar-refractivity contribution in [1.29, 1.82) is 0 Å². The average molecular weight is 303 g/mol. The van der Waals surface area contributed by atoms with E-state index >= 15 is 0 Å². The van der Waals surface area contributed by atoms with Gasteiger partial charge in [0.25, 0.3) is 0 Å². The van der Waals surface area contributed by atoms with E-state index in [1.165, 1.54) is 4.68 Å². The Bertz CT molecular complexity index is 728. The van der Waals surface area contributed by atoms with Crippen LogP contribution in [0.4, 0.5) is 11.6 Å². The minimum absolute atomic E-state index is 0.126. The van der Waals surface area contributed by atoms with Gasteiger partial charge in [-0.2, -0.15) is 4.68 Å². The van der Waals surface area contributed by atoms with Crippen molar-refractivity contribution in [3.63, 3.8) is 0 Å². The van der Waals surface area contributed by atoms with Gasteiger partial charge in [0, 0.05) is 17.7 Å². The van der Waals surface area contributed by atoms with E-state index in [1.54, 1.807) is 6.92 Å². The number of benzene rings is 1. The van der Waals surface area contributed by atoms with Gasteiger partial charge in [-0.15, -0.1) is 0 Å². The van der Waals surface area contributed by atoms with E-state index in [-0.39, 0.29) is 12.5 Å². The Hall–Kier alpha value is -2.77. The van der Waals surface area contributed by atoms with Gasteiger partial charge in [0.2, 0.25) is 11.7 Å². The third-order valence-electron chi connectivity index (χ3n) is 3.24. The first kappa shape index (κ1) is 15.6. The van der Waals surface area contributed by atoms with E-state index in [9.17, 15) is 14.9 Å². The van der Waals surface area contributed by atoms with Crippen LogP contribution >= 0.6 is 0 Å². The summed E-state index contributed by atoms with van der Waals surface area (Å²) in [7, 11) is 0. The Labute approximate surface area is 127 Å². The summed E-state index contributed by atoms with van der Waals surface area (Å²) in [5.41, 5.74) is 3.80. The molecule has 0 aliphatic rings. The molecule has 0 spiro atoms. The molecule has 0 bridgehead atoms. The standard InChI is InChI=1S/C14H17N5O3/c1-8-5-9(2)13(10(3)6-8)16-12(20)7-18-11(4)15-14(17-18)19(21)22/h5-6H,7H2,1-4H3,(H,16,20). The van der Waals surface area contributed by atoms with Gasteiger partial charge in [0.05, 0.1) is 0 Å². The van der Waals surface area contributed by atoms with Crippen molar-refractivity contribution in [1.82, 2.24) is 14.8 Å². The number of hydrogen-bond donors (Lipinski definition) is 1. The smallest absolute Gasteiger partial charge is 0.390 e. The summed E-state index contributed by atoms with van der Waals surface area (Å²) < 4.78 is 1.21. The predicted octanol–water partition coefficient (Wildman–Crippen LogP) is 2.06. The third kappa shape index (κ3) is 3.27. The zero-order valence-electron chi connectivity index (χ0n) is 12.9. The first-order valence-electron chi connectivity index (χ1n) is 6.71. The number of hydrogen-bond acceptors (Lipinski definition) is 5. The zero-order chi connectivity index (χ0) is 16.4. The largest absolute Gasteiger partial charge is 0.491 e. The molecule has 8 heteroatoms. The zero-order valence-corrected chi connectivity index (χ0v) is 12.9. The number of carbonyl (C=O) groups excluding carboxylic acids is 1. The van der Waals surface area contributed by atoms with Gasteiger partial charge in [-0.25, -0.2) is 0 Å². The van der Waals surface area contributed by atoms with Gasteiger partial charge in [-0.3, -0.25) is 4.79 Å². The number of amides is 1. The van der Waals surface area contributed by atoms with Crippen LogP contribution in [0.5, 0.6) is 0 Å². The Balaban J connectivity index is 2.16. The summed E-state index contributed by atoms with van der Waals surface area (Å²) in [6, 6.07) is 3.96. The van der Waals surface area contributed by atoms with Crippen LogP contribution in [0.25, 0.3) is 0 Å². The molecule has 1 N–H and O–H groups in total. The van der Waals surface area contributed by atoms with Crippen LogP contribution in [0.1, 0.15) is 22.5 Å². The molecule has 8 nitrogen and oxygen atoms in total.